The SMILES string of the molecule is CCOC(=O)C(C)CSCCO. The second kappa shape index (κ2) is 7.43. The Bertz CT molecular complexity index is 127. The molecule has 0 heterocycles. The molecule has 0 spiro atoms. The lowest BCUT2D eigenvalue weighted by atomic mass is 10.2. The van der Waals surface area contributed by atoms with Gasteiger partial charge in [0.25, 0.3) is 0 Å². The number of esters is 1. The number of carbonyl (C=O) groups is 1. The average molecular weight is 192 g/mol. The van der Waals surface area contributed by atoms with Crippen LogP contribution in [0, 0.1) is 5.92 Å². The van der Waals surface area contributed by atoms with E-state index in [0.717, 1.165) is 5.75 Å². The number of aliphatic hydroxyl groups is 1. The lowest BCUT2D eigenvalue weighted by molar-refractivity contribution is -0.146. The number of hydrogen-bond acceptors (Lipinski definition) is 4. The van der Waals surface area contributed by atoms with Crippen LogP contribution in [0.1, 0.15) is 13.8 Å². The molecule has 1 atom stereocenters. The number of rotatable bonds is 6. The molecule has 3 nitrogen and oxygen atoms in total. The lowest BCUT2D eigenvalue weighted by Gasteiger charge is -2.08. The molecule has 0 saturated heterocycles. The first-order valence-electron chi connectivity index (χ1n) is 4.07. The molecule has 0 saturated carbocycles. The summed E-state index contributed by atoms with van der Waals surface area (Å²) in [6.07, 6.45) is 0. The average Bonchev–Trinajstić information content (AvgIpc) is 2.05. The minimum atomic E-state index is -0.150. The topological polar surface area (TPSA) is 46.5 Å². The van der Waals surface area contributed by atoms with Gasteiger partial charge in [0.05, 0.1) is 19.1 Å². The third-order valence-electron chi connectivity index (χ3n) is 1.29. The van der Waals surface area contributed by atoms with Crippen molar-refractivity contribution >= 4 is 17.7 Å². The largest absolute Gasteiger partial charge is 0.466 e. The van der Waals surface area contributed by atoms with Gasteiger partial charge in [-0.25, -0.2) is 0 Å². The van der Waals surface area contributed by atoms with Crippen molar-refractivity contribution in [1.29, 1.82) is 0 Å². The maximum absolute atomic E-state index is 11.0. The van der Waals surface area contributed by atoms with Gasteiger partial charge in [0, 0.05) is 11.5 Å². The molecule has 0 aromatic carbocycles. The van der Waals surface area contributed by atoms with Crippen LogP contribution < -0.4 is 0 Å². The van der Waals surface area contributed by atoms with Gasteiger partial charge in [-0.15, -0.1) is 0 Å². The summed E-state index contributed by atoms with van der Waals surface area (Å²) in [6, 6.07) is 0. The molecule has 0 aromatic heterocycles. The molecule has 0 aliphatic rings. The molecule has 0 fully saturated rings. The summed E-state index contributed by atoms with van der Waals surface area (Å²) in [5.74, 6) is 1.19. The van der Waals surface area contributed by atoms with Gasteiger partial charge in [0.2, 0.25) is 0 Å². The number of ether oxygens (including phenoxy) is 1. The van der Waals surface area contributed by atoms with E-state index in [1.807, 2.05) is 6.92 Å². The third kappa shape index (κ3) is 5.43. The third-order valence-corrected chi connectivity index (χ3v) is 2.50. The van der Waals surface area contributed by atoms with Crippen molar-refractivity contribution in [2.24, 2.45) is 5.92 Å². The molecule has 4 heteroatoms. The normalized spacial score (nSPS) is 12.6. The predicted octanol–water partition coefficient (Wildman–Crippen LogP) is 0.911. The summed E-state index contributed by atoms with van der Waals surface area (Å²) in [6.45, 7) is 4.24. The molecular weight excluding hydrogens is 176 g/mol. The summed E-state index contributed by atoms with van der Waals surface area (Å²) >= 11 is 1.56. The van der Waals surface area contributed by atoms with Gasteiger partial charge in [-0.2, -0.15) is 11.8 Å². The van der Waals surface area contributed by atoms with Crippen LogP contribution in [0.15, 0.2) is 0 Å². The highest BCUT2D eigenvalue weighted by molar-refractivity contribution is 7.99. The maximum atomic E-state index is 11.0. The van der Waals surface area contributed by atoms with Gasteiger partial charge in [-0.05, 0) is 6.92 Å². The van der Waals surface area contributed by atoms with Crippen LogP contribution in [0.5, 0.6) is 0 Å². The summed E-state index contributed by atoms with van der Waals surface area (Å²) in [4.78, 5) is 11.0. The van der Waals surface area contributed by atoms with Gasteiger partial charge >= 0.3 is 5.97 Å². The van der Waals surface area contributed by atoms with Crippen LogP contribution >= 0.6 is 11.8 Å². The number of hydrogen-bond donors (Lipinski definition) is 1. The standard InChI is InChI=1S/C8H16O3S/c1-3-11-8(10)7(2)6-12-5-4-9/h7,9H,3-6H2,1-2H3. The van der Waals surface area contributed by atoms with Gasteiger partial charge in [-0.1, -0.05) is 6.92 Å². The van der Waals surface area contributed by atoms with Crippen LogP contribution in [0.25, 0.3) is 0 Å². The van der Waals surface area contributed by atoms with E-state index in [4.69, 9.17) is 9.84 Å². The van der Waals surface area contributed by atoms with Gasteiger partial charge < -0.3 is 9.84 Å². The zero-order chi connectivity index (χ0) is 9.40. The summed E-state index contributed by atoms with van der Waals surface area (Å²) in [7, 11) is 0. The molecule has 0 aliphatic carbocycles. The van der Waals surface area contributed by atoms with Crippen molar-refractivity contribution in [2.75, 3.05) is 24.7 Å². The highest BCUT2D eigenvalue weighted by Gasteiger charge is 2.12. The van der Waals surface area contributed by atoms with Crippen molar-refractivity contribution in [3.05, 3.63) is 0 Å². The molecule has 1 N–H and O–H groups in total. The van der Waals surface area contributed by atoms with Gasteiger partial charge in [0.1, 0.15) is 0 Å². The van der Waals surface area contributed by atoms with E-state index in [0.29, 0.717) is 12.4 Å². The molecule has 0 aromatic rings. The van der Waals surface area contributed by atoms with E-state index in [9.17, 15) is 4.79 Å². The zero-order valence-electron chi connectivity index (χ0n) is 7.58. The van der Waals surface area contributed by atoms with E-state index < -0.39 is 0 Å². The Morgan fingerprint density at radius 3 is 2.83 bits per heavy atom. The molecule has 0 aliphatic heterocycles. The van der Waals surface area contributed by atoms with Crippen molar-refractivity contribution in [3.63, 3.8) is 0 Å². The first-order valence-corrected chi connectivity index (χ1v) is 5.23. The Hall–Kier alpha value is -0.220. The molecule has 12 heavy (non-hydrogen) atoms. The second-order valence-electron chi connectivity index (χ2n) is 2.45. The maximum Gasteiger partial charge on any atom is 0.309 e. The quantitative estimate of drug-likeness (QED) is 0.502. The molecule has 1 unspecified atom stereocenters. The summed E-state index contributed by atoms with van der Waals surface area (Å²) in [5, 5.41) is 8.48. The fourth-order valence-corrected chi connectivity index (χ4v) is 1.46. The first kappa shape index (κ1) is 11.8. The van der Waals surface area contributed by atoms with Crippen LogP contribution in [0.4, 0.5) is 0 Å². The van der Waals surface area contributed by atoms with E-state index in [2.05, 4.69) is 0 Å². The predicted molar refractivity (Wildman–Crippen MR) is 50.2 cm³/mol. The molecule has 0 rings (SSSR count). The number of thioether (sulfide) groups is 1. The number of aliphatic hydroxyl groups excluding tert-OH is 1. The second-order valence-corrected chi connectivity index (χ2v) is 3.60. The van der Waals surface area contributed by atoms with E-state index in [1.54, 1.807) is 18.7 Å². The van der Waals surface area contributed by atoms with Crippen molar-refractivity contribution in [1.82, 2.24) is 0 Å². The fourth-order valence-electron chi connectivity index (χ4n) is 0.677. The molecule has 0 radical (unpaired) electrons. The smallest absolute Gasteiger partial charge is 0.309 e. The molecule has 0 amide bonds. The monoisotopic (exact) mass is 192 g/mol. The van der Waals surface area contributed by atoms with Crippen molar-refractivity contribution in [2.45, 2.75) is 13.8 Å². The van der Waals surface area contributed by atoms with Crippen LogP contribution in [0.2, 0.25) is 0 Å². The lowest BCUT2D eigenvalue weighted by Crippen LogP contribution is -2.17. The Labute approximate surface area is 77.5 Å². The Morgan fingerprint density at radius 1 is 1.67 bits per heavy atom. The van der Waals surface area contributed by atoms with Crippen molar-refractivity contribution < 1.29 is 14.6 Å². The van der Waals surface area contributed by atoms with Gasteiger partial charge in [0.15, 0.2) is 0 Å². The van der Waals surface area contributed by atoms with Gasteiger partial charge in [-0.3, -0.25) is 4.79 Å². The van der Waals surface area contributed by atoms with Crippen LogP contribution in [-0.2, 0) is 9.53 Å². The fraction of sp³-hybridized carbons (Fsp3) is 0.875. The van der Waals surface area contributed by atoms with Crippen LogP contribution in [-0.4, -0.2) is 35.8 Å². The minimum absolute atomic E-state index is 0.0681. The molecule has 0 bridgehead atoms. The Kier molecular flexibility index (Phi) is 7.29. The van der Waals surface area contributed by atoms with Crippen molar-refractivity contribution in [3.8, 4) is 0 Å². The molecular formula is C8H16O3S. The first-order chi connectivity index (χ1) is 5.72. The Morgan fingerprint density at radius 2 is 2.33 bits per heavy atom. The number of carbonyl (C=O) groups excluding carboxylic acids is 1. The summed E-state index contributed by atoms with van der Waals surface area (Å²) < 4.78 is 4.82. The highest BCUT2D eigenvalue weighted by Crippen LogP contribution is 2.08. The molecule has 72 valence electrons. The van der Waals surface area contributed by atoms with Crippen LogP contribution in [0.3, 0.4) is 0 Å². The Balaban J connectivity index is 3.42. The van der Waals surface area contributed by atoms with E-state index in [1.165, 1.54) is 0 Å². The van der Waals surface area contributed by atoms with E-state index >= 15 is 0 Å². The minimum Gasteiger partial charge on any atom is -0.466 e. The summed E-state index contributed by atoms with van der Waals surface area (Å²) in [5.41, 5.74) is 0. The zero-order valence-corrected chi connectivity index (χ0v) is 8.39. The van der Waals surface area contributed by atoms with E-state index in [-0.39, 0.29) is 18.5 Å². The highest BCUT2D eigenvalue weighted by atomic mass is 32.2.